The van der Waals surface area contributed by atoms with Gasteiger partial charge in [0, 0.05) is 12.8 Å². The molecule has 6 unspecified atom stereocenters. The summed E-state index contributed by atoms with van der Waals surface area (Å²) < 4.78 is 45.7. The molecule has 0 fully saturated rings. The van der Waals surface area contributed by atoms with E-state index in [1.807, 2.05) is 45.0 Å². The smallest absolute Gasteiger partial charge is 0.338 e. The molecule has 5 N–H and O–H groups in total. The van der Waals surface area contributed by atoms with E-state index < -0.39 is 88.6 Å². The Morgan fingerprint density at radius 2 is 0.447 bits per heavy atom. The van der Waals surface area contributed by atoms with Gasteiger partial charge in [-0.2, -0.15) is 0 Å². The third-order valence-electron chi connectivity index (χ3n) is 19.1. The highest BCUT2D eigenvalue weighted by Gasteiger charge is 2.30. The third kappa shape index (κ3) is 50.7. The number of carbonyl (C=O) groups excluding carboxylic acids is 9. The van der Waals surface area contributed by atoms with Crippen LogP contribution in [0.1, 0.15) is 263 Å². The summed E-state index contributed by atoms with van der Waals surface area (Å²) in [6.07, 6.45) is 15.4. The van der Waals surface area contributed by atoms with Crippen LogP contribution in [0, 0.1) is 35.5 Å². The second kappa shape index (κ2) is 65.4. The molecule has 6 aromatic rings. The number of aliphatic carboxylic acids is 4. The zero-order valence-electron chi connectivity index (χ0n) is 78.8. The van der Waals surface area contributed by atoms with Crippen molar-refractivity contribution in [1.82, 2.24) is 0 Å². The number of carboxylic acids is 5. The molecule has 0 aliphatic rings. The molecule has 0 saturated carbocycles. The van der Waals surface area contributed by atoms with Crippen molar-refractivity contribution < 1.29 is 135 Å². The van der Waals surface area contributed by atoms with Gasteiger partial charge >= 0.3 is 83.6 Å². The number of hydrogen-bond acceptors (Lipinski definition) is 23. The molecule has 720 valence electrons. The van der Waals surface area contributed by atoms with Gasteiger partial charge in [0.25, 0.3) is 0 Å². The Hall–Kier alpha value is -13.1. The first kappa shape index (κ1) is 117. The van der Waals surface area contributed by atoms with Gasteiger partial charge in [0.2, 0.25) is 0 Å². The number of benzene rings is 6. The van der Waals surface area contributed by atoms with Gasteiger partial charge in [-0.25, -0.2) is 28.8 Å². The van der Waals surface area contributed by atoms with Crippen molar-refractivity contribution in [3.8, 4) is 0 Å². The minimum absolute atomic E-state index is 0.0929. The quantitative estimate of drug-likeness (QED) is 0.0134. The Kier molecular flexibility index (Phi) is 57.9. The number of rotatable bonds is 49. The summed E-state index contributed by atoms with van der Waals surface area (Å²) in [4.78, 5) is 161. The number of aromatic carboxylic acids is 1. The normalized spacial score (nSPS) is 11.9. The summed E-state index contributed by atoms with van der Waals surface area (Å²) in [6.45, 7) is 40.1. The van der Waals surface area contributed by atoms with Gasteiger partial charge < -0.3 is 68.2 Å². The molecular formula is C104H136O28. The maximum Gasteiger partial charge on any atom is 0.338 e. The molecule has 0 amide bonds. The lowest BCUT2D eigenvalue weighted by atomic mass is 9.94. The van der Waals surface area contributed by atoms with E-state index in [0.29, 0.717) is 145 Å². The first-order chi connectivity index (χ1) is 62.6. The predicted molar refractivity (Wildman–Crippen MR) is 500 cm³/mol. The Bertz CT molecular complexity index is 4570. The van der Waals surface area contributed by atoms with Gasteiger partial charge in [-0.05, 0) is 299 Å². The lowest BCUT2D eigenvalue weighted by Crippen LogP contribution is -2.30. The van der Waals surface area contributed by atoms with E-state index in [1.165, 1.54) is 12.1 Å². The number of esters is 9. The van der Waals surface area contributed by atoms with E-state index in [9.17, 15) is 67.1 Å². The highest BCUT2D eigenvalue weighted by Crippen LogP contribution is 2.26. The molecule has 0 heterocycles. The SMILES string of the molecule is C=CCCC(Cc1ccc(C(=O)O)cc1)C(=O)O.C=CCCC(Cc1ccc(C(=O)OCC)cc1)C(=O)O.C=CCCC(Cc1ccc(C(=O)OCC)cc1)C(=O)OC(C)(C)C.C=CCCC(Cc1ccc(C(=O)OCC)cc1)C(=O)OCC.CCOC(=O)c1ccc(CC(CCC(=O)O)C(=O)OC(C)(C)C)cc1.CCOC(=O)c1ccc(CC(CCC(=O)O)C(=O)OCC)cc1. The van der Waals surface area contributed by atoms with Crippen LogP contribution in [-0.4, -0.2) is 167 Å². The fourth-order valence-corrected chi connectivity index (χ4v) is 12.4. The van der Waals surface area contributed by atoms with Crippen LogP contribution in [0.2, 0.25) is 0 Å². The van der Waals surface area contributed by atoms with Crippen LogP contribution in [0.15, 0.2) is 196 Å². The molecule has 28 nitrogen and oxygen atoms in total. The largest absolute Gasteiger partial charge is 0.481 e. The molecule has 6 aromatic carbocycles. The van der Waals surface area contributed by atoms with Crippen LogP contribution in [0.3, 0.4) is 0 Å². The van der Waals surface area contributed by atoms with E-state index >= 15 is 0 Å². The molecule has 0 radical (unpaired) electrons. The second-order valence-electron chi connectivity index (χ2n) is 32.1. The lowest BCUT2D eigenvalue weighted by Gasteiger charge is -2.24. The molecule has 0 bridgehead atoms. The Morgan fingerprint density at radius 3 is 0.629 bits per heavy atom. The Balaban J connectivity index is 0.000000794. The number of hydrogen-bond donors (Lipinski definition) is 5. The first-order valence-electron chi connectivity index (χ1n) is 44.3. The monoisotopic (exact) mass is 1830 g/mol. The van der Waals surface area contributed by atoms with Crippen molar-refractivity contribution in [3.63, 3.8) is 0 Å². The van der Waals surface area contributed by atoms with Gasteiger partial charge in [-0.1, -0.05) is 97.1 Å². The van der Waals surface area contributed by atoms with Gasteiger partial charge in [0.1, 0.15) is 11.2 Å². The zero-order chi connectivity index (χ0) is 99.3. The van der Waals surface area contributed by atoms with Crippen LogP contribution >= 0.6 is 0 Å². The molecule has 0 aliphatic carbocycles. The molecule has 28 heteroatoms. The average Bonchev–Trinajstić information content (AvgIpc) is 0.786. The maximum absolute atomic E-state index is 12.4. The Morgan fingerprint density at radius 1 is 0.265 bits per heavy atom. The number of carbonyl (C=O) groups is 14. The Labute approximate surface area is 776 Å². The van der Waals surface area contributed by atoms with E-state index in [4.69, 9.17) is 68.2 Å². The summed E-state index contributed by atoms with van der Waals surface area (Å²) in [5, 5.41) is 44.7. The molecule has 0 aliphatic heterocycles. The molecule has 132 heavy (non-hydrogen) atoms. The highest BCUT2D eigenvalue weighted by molar-refractivity contribution is 5.92. The standard InChI is InChI=1S/C20H28O4.C19H26O6.C18H24O4.C17H22O6.C16H20O4.C14H16O4/c1-6-8-9-17(19(22)24-20(3,4)5)14-15-10-12-16(13-11-15)18(21)23-7-2;1-5-24-17(22)14-8-6-13(7-9-14)12-15(10-11-16(20)21)18(23)25-19(2,3)4;1-4-7-8-16(18(20)22-6-3)13-14-9-11-15(12-10-14)17(19)21-5-2;1-3-22-16(20)13-7-5-12(6-8-13)11-14(9-10-15(18)19)17(21)23-4-2;1-3-5-6-14(15(17)18)11-12-7-9-13(10-8-12)16(19)20-4-2;1-2-3-4-12(14(17)18)9-10-5-7-11(8-6-10)13(15)16/h6,10-13,17H,1,7-9,14H2,2-5H3;6-9,15H,5,10-12H2,1-4H3,(H,20,21);4,9-12,16H,1,5-8,13H2,2-3H3;5-8,14H,3-4,9-11H2,1-2H3,(H,18,19);3,7-10,14H,1,4-6,11H2,2H3,(H,17,18);2,5-8,12H,1,3-4,9H2,(H,15,16)(H,17,18). The highest BCUT2D eigenvalue weighted by atomic mass is 16.6. The number of allylic oxidation sites excluding steroid dienone is 4. The van der Waals surface area contributed by atoms with Crippen LogP contribution in [0.4, 0.5) is 0 Å². The van der Waals surface area contributed by atoms with E-state index in [-0.39, 0.29) is 79.5 Å². The van der Waals surface area contributed by atoms with Crippen molar-refractivity contribution in [3.05, 3.63) is 263 Å². The van der Waals surface area contributed by atoms with Crippen LogP contribution in [0.5, 0.6) is 0 Å². The lowest BCUT2D eigenvalue weighted by molar-refractivity contribution is -0.161. The van der Waals surface area contributed by atoms with Crippen molar-refractivity contribution >= 4 is 83.6 Å². The van der Waals surface area contributed by atoms with Crippen molar-refractivity contribution in [2.45, 2.75) is 217 Å². The van der Waals surface area contributed by atoms with Crippen molar-refractivity contribution in [1.29, 1.82) is 0 Å². The van der Waals surface area contributed by atoms with Crippen LogP contribution < -0.4 is 0 Å². The van der Waals surface area contributed by atoms with Crippen LogP contribution in [0.25, 0.3) is 0 Å². The van der Waals surface area contributed by atoms with Gasteiger partial charge in [-0.3, -0.25) is 38.4 Å². The maximum atomic E-state index is 12.4. The second-order valence-corrected chi connectivity index (χ2v) is 32.1. The van der Waals surface area contributed by atoms with Crippen molar-refractivity contribution in [2.24, 2.45) is 35.5 Å². The molecule has 0 spiro atoms. The minimum atomic E-state index is -0.983. The summed E-state index contributed by atoms with van der Waals surface area (Å²) in [7, 11) is 0. The van der Waals surface area contributed by atoms with E-state index in [0.717, 1.165) is 46.2 Å². The number of ether oxygens (including phenoxy) is 9. The van der Waals surface area contributed by atoms with E-state index in [1.54, 1.807) is 203 Å². The van der Waals surface area contributed by atoms with E-state index in [2.05, 4.69) is 26.3 Å². The van der Waals surface area contributed by atoms with Gasteiger partial charge in [-0.15, -0.1) is 26.3 Å². The van der Waals surface area contributed by atoms with Gasteiger partial charge in [0.05, 0.1) is 115 Å². The van der Waals surface area contributed by atoms with Crippen molar-refractivity contribution in [2.75, 3.05) is 46.2 Å². The summed E-state index contributed by atoms with van der Waals surface area (Å²) in [6, 6.07) is 41.0. The fourth-order valence-electron chi connectivity index (χ4n) is 12.4. The third-order valence-corrected chi connectivity index (χ3v) is 19.1. The molecule has 6 atom stereocenters. The first-order valence-corrected chi connectivity index (χ1v) is 44.3. The molecule has 6 rings (SSSR count). The topological polar surface area (TPSA) is 423 Å². The summed E-state index contributed by atoms with van der Waals surface area (Å²) >= 11 is 0. The summed E-state index contributed by atoms with van der Waals surface area (Å²) in [5.41, 5.74) is 6.83. The zero-order valence-corrected chi connectivity index (χ0v) is 78.8. The molecular weight excluding hydrogens is 1700 g/mol. The summed E-state index contributed by atoms with van der Waals surface area (Å²) in [5.74, 6) is -9.90. The molecule has 0 saturated heterocycles. The average molecular weight is 1830 g/mol. The van der Waals surface area contributed by atoms with Crippen LogP contribution in [-0.2, 0) is 120 Å². The number of carboxylic acid groups (broad SMARTS) is 5. The fraction of sp³-hybridized carbons (Fsp3) is 0.442. The minimum Gasteiger partial charge on any atom is -0.481 e. The molecule has 0 aromatic heterocycles. The van der Waals surface area contributed by atoms with Gasteiger partial charge in [0.15, 0.2) is 0 Å². The predicted octanol–water partition coefficient (Wildman–Crippen LogP) is 19.2.